The lowest BCUT2D eigenvalue weighted by molar-refractivity contribution is 0.441. The van der Waals surface area contributed by atoms with E-state index in [2.05, 4.69) is 17.2 Å². The first-order valence-corrected chi connectivity index (χ1v) is 6.27. The lowest BCUT2D eigenvalue weighted by atomic mass is 9.91. The molecule has 14 heavy (non-hydrogen) atoms. The molecular formula is C11H18N2S. The summed E-state index contributed by atoms with van der Waals surface area (Å²) in [6.45, 7) is 3.34. The minimum Gasteiger partial charge on any atom is -0.319 e. The zero-order valence-electron chi connectivity index (χ0n) is 8.97. The van der Waals surface area contributed by atoms with Gasteiger partial charge < -0.3 is 5.32 Å². The summed E-state index contributed by atoms with van der Waals surface area (Å²) in [5.41, 5.74) is 1.39. The van der Waals surface area contributed by atoms with Crippen molar-refractivity contribution in [1.82, 2.24) is 10.3 Å². The van der Waals surface area contributed by atoms with Crippen molar-refractivity contribution in [2.45, 2.75) is 32.6 Å². The summed E-state index contributed by atoms with van der Waals surface area (Å²) in [4.78, 5) is 6.21. The molecule has 1 atom stereocenters. The zero-order valence-corrected chi connectivity index (χ0v) is 9.78. The Balaban J connectivity index is 2.09. The molecule has 0 spiro atoms. The van der Waals surface area contributed by atoms with E-state index >= 15 is 0 Å². The molecule has 3 heteroatoms. The zero-order chi connectivity index (χ0) is 9.97. The maximum Gasteiger partial charge on any atom is 0.0928 e. The summed E-state index contributed by atoms with van der Waals surface area (Å²) in [5, 5.41) is 4.59. The Kier molecular flexibility index (Phi) is 3.19. The number of nitrogens with zero attached hydrogens (tertiary/aromatic N) is 1. The molecule has 1 heterocycles. The fourth-order valence-corrected chi connectivity index (χ4v) is 3.28. The molecule has 0 saturated carbocycles. The van der Waals surface area contributed by atoms with E-state index in [1.807, 2.05) is 18.4 Å². The van der Waals surface area contributed by atoms with Crippen LogP contribution in [0.1, 0.15) is 28.9 Å². The van der Waals surface area contributed by atoms with E-state index in [9.17, 15) is 0 Å². The molecule has 1 N–H and O–H groups in total. The van der Waals surface area contributed by atoms with Crippen LogP contribution in [0, 0.1) is 5.92 Å². The van der Waals surface area contributed by atoms with E-state index in [0.29, 0.717) is 0 Å². The normalized spacial score (nSPS) is 20.9. The standard InChI is InChI=1S/C11H18N2S/c1-3-11-13-9-5-4-8(7-12-2)6-10(9)14-11/h8,12H,3-7H2,1-2H3. The molecule has 1 unspecified atom stereocenters. The highest BCUT2D eigenvalue weighted by atomic mass is 32.1. The van der Waals surface area contributed by atoms with Crippen molar-refractivity contribution in [3.8, 4) is 0 Å². The molecular weight excluding hydrogens is 192 g/mol. The van der Waals surface area contributed by atoms with Crippen LogP contribution >= 0.6 is 11.3 Å². The van der Waals surface area contributed by atoms with Gasteiger partial charge in [-0.25, -0.2) is 4.98 Å². The Hall–Kier alpha value is -0.410. The van der Waals surface area contributed by atoms with E-state index in [-0.39, 0.29) is 0 Å². The molecule has 1 aliphatic carbocycles. The minimum atomic E-state index is 0.831. The van der Waals surface area contributed by atoms with Crippen LogP contribution in [0.4, 0.5) is 0 Å². The summed E-state index contributed by atoms with van der Waals surface area (Å²) in [6.07, 6.45) is 4.83. The lowest BCUT2D eigenvalue weighted by Gasteiger charge is -2.20. The smallest absolute Gasteiger partial charge is 0.0928 e. The third-order valence-electron chi connectivity index (χ3n) is 2.88. The minimum absolute atomic E-state index is 0.831. The second kappa shape index (κ2) is 4.41. The third kappa shape index (κ3) is 1.98. The third-order valence-corrected chi connectivity index (χ3v) is 4.15. The van der Waals surface area contributed by atoms with Crippen molar-refractivity contribution in [1.29, 1.82) is 0 Å². The molecule has 0 bridgehead atoms. The van der Waals surface area contributed by atoms with Gasteiger partial charge in [-0.3, -0.25) is 0 Å². The number of aromatic nitrogens is 1. The predicted octanol–water partition coefficient (Wildman–Crippen LogP) is 2.03. The number of nitrogens with one attached hydrogen (secondary N) is 1. The Labute approximate surface area is 89.8 Å². The topological polar surface area (TPSA) is 24.9 Å². The van der Waals surface area contributed by atoms with Crippen LogP contribution in [0.2, 0.25) is 0 Å². The first-order valence-electron chi connectivity index (χ1n) is 5.45. The Morgan fingerprint density at radius 1 is 1.57 bits per heavy atom. The molecule has 0 amide bonds. The lowest BCUT2D eigenvalue weighted by Crippen LogP contribution is -2.24. The van der Waals surface area contributed by atoms with Gasteiger partial charge in [0.05, 0.1) is 10.7 Å². The average Bonchev–Trinajstić information content (AvgIpc) is 2.60. The summed E-state index contributed by atoms with van der Waals surface area (Å²) >= 11 is 1.93. The van der Waals surface area contributed by atoms with Gasteiger partial charge in [0.25, 0.3) is 0 Å². The van der Waals surface area contributed by atoms with Gasteiger partial charge in [-0.2, -0.15) is 0 Å². The number of aryl methyl sites for hydroxylation is 2. The molecule has 0 radical (unpaired) electrons. The molecule has 0 fully saturated rings. The van der Waals surface area contributed by atoms with Gasteiger partial charge in [-0.15, -0.1) is 11.3 Å². The maximum absolute atomic E-state index is 4.66. The Morgan fingerprint density at radius 3 is 3.14 bits per heavy atom. The number of thiazole rings is 1. The number of fused-ring (bicyclic) bond motifs is 1. The first kappa shape index (κ1) is 10.1. The van der Waals surface area contributed by atoms with Crippen LogP contribution in [-0.4, -0.2) is 18.6 Å². The molecule has 1 aromatic heterocycles. The van der Waals surface area contributed by atoms with Crippen molar-refractivity contribution >= 4 is 11.3 Å². The molecule has 1 aromatic rings. The van der Waals surface area contributed by atoms with Crippen molar-refractivity contribution < 1.29 is 0 Å². The first-order chi connectivity index (χ1) is 6.83. The SMILES string of the molecule is CCc1nc2c(s1)CC(CNC)CC2. The van der Waals surface area contributed by atoms with E-state index in [1.165, 1.54) is 30.0 Å². The number of rotatable bonds is 3. The largest absolute Gasteiger partial charge is 0.319 e. The number of hydrogen-bond donors (Lipinski definition) is 1. The molecule has 2 rings (SSSR count). The summed E-state index contributed by atoms with van der Waals surface area (Å²) in [6, 6.07) is 0. The van der Waals surface area contributed by atoms with E-state index in [1.54, 1.807) is 4.88 Å². The molecule has 0 aromatic carbocycles. The highest BCUT2D eigenvalue weighted by Crippen LogP contribution is 2.29. The predicted molar refractivity (Wildman–Crippen MR) is 60.9 cm³/mol. The van der Waals surface area contributed by atoms with Crippen molar-refractivity contribution in [3.05, 3.63) is 15.6 Å². The molecule has 2 nitrogen and oxygen atoms in total. The highest BCUT2D eigenvalue weighted by molar-refractivity contribution is 7.11. The van der Waals surface area contributed by atoms with E-state index in [0.717, 1.165) is 18.9 Å². The van der Waals surface area contributed by atoms with Crippen molar-refractivity contribution in [2.75, 3.05) is 13.6 Å². The van der Waals surface area contributed by atoms with Crippen LogP contribution in [0.3, 0.4) is 0 Å². The average molecular weight is 210 g/mol. The number of hydrogen-bond acceptors (Lipinski definition) is 3. The monoisotopic (exact) mass is 210 g/mol. The van der Waals surface area contributed by atoms with E-state index in [4.69, 9.17) is 0 Å². The molecule has 78 valence electrons. The van der Waals surface area contributed by atoms with Gasteiger partial charge in [0.1, 0.15) is 0 Å². The van der Waals surface area contributed by atoms with Crippen molar-refractivity contribution in [3.63, 3.8) is 0 Å². The van der Waals surface area contributed by atoms with Gasteiger partial charge in [0, 0.05) is 4.88 Å². The second-order valence-electron chi connectivity index (χ2n) is 4.00. The van der Waals surface area contributed by atoms with Crippen LogP contribution in [-0.2, 0) is 19.3 Å². The summed E-state index contributed by atoms with van der Waals surface area (Å²) in [7, 11) is 2.04. The highest BCUT2D eigenvalue weighted by Gasteiger charge is 2.21. The molecule has 0 aliphatic heterocycles. The van der Waals surface area contributed by atoms with Crippen LogP contribution in [0.15, 0.2) is 0 Å². The maximum atomic E-state index is 4.66. The summed E-state index contributed by atoms with van der Waals surface area (Å²) in [5.74, 6) is 0.831. The van der Waals surface area contributed by atoms with Crippen molar-refractivity contribution in [2.24, 2.45) is 5.92 Å². The van der Waals surface area contributed by atoms with Gasteiger partial charge in [0.15, 0.2) is 0 Å². The van der Waals surface area contributed by atoms with Crippen LogP contribution in [0.5, 0.6) is 0 Å². The van der Waals surface area contributed by atoms with Gasteiger partial charge in [0.2, 0.25) is 0 Å². The van der Waals surface area contributed by atoms with Gasteiger partial charge in [-0.05, 0) is 45.2 Å². The molecule has 0 saturated heterocycles. The quantitative estimate of drug-likeness (QED) is 0.825. The van der Waals surface area contributed by atoms with Gasteiger partial charge >= 0.3 is 0 Å². The fraction of sp³-hybridized carbons (Fsp3) is 0.727. The van der Waals surface area contributed by atoms with E-state index < -0.39 is 0 Å². The van der Waals surface area contributed by atoms with Gasteiger partial charge in [-0.1, -0.05) is 6.92 Å². The molecule has 1 aliphatic rings. The van der Waals surface area contributed by atoms with Crippen LogP contribution in [0.25, 0.3) is 0 Å². The summed E-state index contributed by atoms with van der Waals surface area (Å²) < 4.78 is 0. The fourth-order valence-electron chi connectivity index (χ4n) is 2.11. The Bertz CT molecular complexity index is 306. The second-order valence-corrected chi connectivity index (χ2v) is 5.17. The Morgan fingerprint density at radius 2 is 2.43 bits per heavy atom. The van der Waals surface area contributed by atoms with Crippen LogP contribution < -0.4 is 5.32 Å².